The molecule has 0 amide bonds. The highest BCUT2D eigenvalue weighted by atomic mass is 19.4. The second-order valence-corrected chi connectivity index (χ2v) is 6.05. The third-order valence-corrected chi connectivity index (χ3v) is 4.17. The quantitative estimate of drug-likeness (QED) is 0.612. The fourth-order valence-electron chi connectivity index (χ4n) is 2.98. The summed E-state index contributed by atoms with van der Waals surface area (Å²) in [5.41, 5.74) is 1.44. The van der Waals surface area contributed by atoms with Gasteiger partial charge in [-0.3, -0.25) is 0 Å². The first-order valence-electron chi connectivity index (χ1n) is 8.48. The van der Waals surface area contributed by atoms with E-state index in [4.69, 9.17) is 9.47 Å². The lowest BCUT2D eigenvalue weighted by Crippen LogP contribution is -2.14. The fraction of sp³-hybridized carbons (Fsp3) is 0.316. The van der Waals surface area contributed by atoms with Crippen molar-refractivity contribution >= 4 is 11.6 Å². The minimum atomic E-state index is -4.46. The molecular weight excluding hydrogens is 375 g/mol. The normalized spacial score (nSPS) is 11.8. The summed E-state index contributed by atoms with van der Waals surface area (Å²) in [6.45, 7) is 3.60. The number of rotatable bonds is 5. The van der Waals surface area contributed by atoms with E-state index in [2.05, 4.69) is 10.1 Å². The number of aryl methyl sites for hydroxylation is 1. The lowest BCUT2D eigenvalue weighted by atomic mass is 10.0. The number of fused-ring (bicyclic) bond motifs is 1. The number of carbonyl (C=O) groups excluding carboxylic acids is 1. The number of halogens is 3. The molecule has 0 fully saturated rings. The summed E-state index contributed by atoms with van der Waals surface area (Å²) in [4.78, 5) is 16.5. The average Bonchev–Trinajstić information content (AvgIpc) is 2.98. The Bertz CT molecular complexity index is 1030. The number of hydrogen-bond donors (Lipinski definition) is 0. The van der Waals surface area contributed by atoms with Gasteiger partial charge in [0.1, 0.15) is 5.56 Å². The van der Waals surface area contributed by atoms with Gasteiger partial charge in [0, 0.05) is 18.9 Å². The number of hydrogen-bond acceptors (Lipinski definition) is 5. The Kier molecular flexibility index (Phi) is 5.37. The average molecular weight is 393 g/mol. The third-order valence-electron chi connectivity index (χ3n) is 4.17. The molecule has 0 spiro atoms. The summed E-state index contributed by atoms with van der Waals surface area (Å²) in [6.07, 6.45) is -3.13. The van der Waals surface area contributed by atoms with Crippen molar-refractivity contribution in [1.82, 2.24) is 14.6 Å². The lowest BCUT2D eigenvalue weighted by molar-refractivity contribution is -0.137. The predicted octanol–water partition coefficient (Wildman–Crippen LogP) is 4.05. The molecule has 0 saturated heterocycles. The maximum absolute atomic E-state index is 13.1. The molecule has 0 N–H and O–H groups in total. The standard InChI is InChI=1S/C19H18F3N3O3/c1-4-28-18(26)14-9-23-17-16(11(2)24-25(17)15(14)10-27-3)12-6-5-7-13(8-12)19(20,21)22/h5-9H,4,10H2,1-3H3. The van der Waals surface area contributed by atoms with Crippen LogP contribution in [0.3, 0.4) is 0 Å². The van der Waals surface area contributed by atoms with E-state index in [0.29, 0.717) is 28.2 Å². The molecular formula is C19H18F3N3O3. The Morgan fingerprint density at radius 2 is 2.04 bits per heavy atom. The van der Waals surface area contributed by atoms with Gasteiger partial charge in [-0.25, -0.2) is 14.3 Å². The Morgan fingerprint density at radius 3 is 2.68 bits per heavy atom. The molecule has 6 nitrogen and oxygen atoms in total. The maximum Gasteiger partial charge on any atom is 0.416 e. The van der Waals surface area contributed by atoms with Gasteiger partial charge in [0.15, 0.2) is 5.65 Å². The minimum absolute atomic E-state index is 0.0519. The highest BCUT2D eigenvalue weighted by Gasteiger charge is 2.31. The van der Waals surface area contributed by atoms with E-state index in [0.717, 1.165) is 12.1 Å². The van der Waals surface area contributed by atoms with Gasteiger partial charge in [0.2, 0.25) is 0 Å². The summed E-state index contributed by atoms with van der Waals surface area (Å²) >= 11 is 0. The van der Waals surface area contributed by atoms with Crippen LogP contribution in [0.25, 0.3) is 16.8 Å². The van der Waals surface area contributed by atoms with Gasteiger partial charge in [-0.2, -0.15) is 18.3 Å². The van der Waals surface area contributed by atoms with E-state index in [1.807, 2.05) is 0 Å². The molecule has 2 aromatic heterocycles. The van der Waals surface area contributed by atoms with Crippen molar-refractivity contribution in [2.75, 3.05) is 13.7 Å². The summed E-state index contributed by atoms with van der Waals surface area (Å²) in [6, 6.07) is 4.97. The number of carbonyl (C=O) groups is 1. The van der Waals surface area contributed by atoms with Crippen LogP contribution >= 0.6 is 0 Å². The zero-order chi connectivity index (χ0) is 20.5. The first-order chi connectivity index (χ1) is 13.3. The number of nitrogens with zero attached hydrogens (tertiary/aromatic N) is 3. The van der Waals surface area contributed by atoms with Gasteiger partial charge in [0.25, 0.3) is 0 Å². The van der Waals surface area contributed by atoms with Crippen molar-refractivity contribution in [3.8, 4) is 11.1 Å². The fourth-order valence-corrected chi connectivity index (χ4v) is 2.98. The molecule has 3 aromatic rings. The van der Waals surface area contributed by atoms with Crippen LogP contribution in [0.4, 0.5) is 13.2 Å². The van der Waals surface area contributed by atoms with Gasteiger partial charge in [0.05, 0.1) is 30.2 Å². The number of methoxy groups -OCH3 is 1. The molecule has 28 heavy (non-hydrogen) atoms. The number of aromatic nitrogens is 3. The minimum Gasteiger partial charge on any atom is -0.462 e. The molecule has 0 aliphatic heterocycles. The SMILES string of the molecule is CCOC(=O)c1cnc2c(-c3cccc(C(F)(F)F)c3)c(C)nn2c1COC. The van der Waals surface area contributed by atoms with Gasteiger partial charge in [-0.05, 0) is 31.5 Å². The van der Waals surface area contributed by atoms with E-state index in [9.17, 15) is 18.0 Å². The van der Waals surface area contributed by atoms with E-state index in [1.165, 1.54) is 23.9 Å². The molecule has 0 bridgehead atoms. The number of benzene rings is 1. The number of alkyl halides is 3. The Hall–Kier alpha value is -2.94. The number of ether oxygens (including phenoxy) is 2. The van der Waals surface area contributed by atoms with Crippen LogP contribution in [0.2, 0.25) is 0 Å². The van der Waals surface area contributed by atoms with Crippen molar-refractivity contribution in [2.24, 2.45) is 0 Å². The van der Waals surface area contributed by atoms with Crippen LogP contribution in [0.5, 0.6) is 0 Å². The summed E-state index contributed by atoms with van der Waals surface area (Å²) in [7, 11) is 1.46. The van der Waals surface area contributed by atoms with Crippen LogP contribution < -0.4 is 0 Å². The third kappa shape index (κ3) is 3.57. The molecule has 0 aliphatic rings. The Balaban J connectivity index is 2.23. The zero-order valence-electron chi connectivity index (χ0n) is 15.5. The second kappa shape index (κ2) is 7.59. The lowest BCUT2D eigenvalue weighted by Gasteiger charge is -2.11. The van der Waals surface area contributed by atoms with Crippen molar-refractivity contribution < 1.29 is 27.4 Å². The van der Waals surface area contributed by atoms with E-state index < -0.39 is 17.7 Å². The summed E-state index contributed by atoms with van der Waals surface area (Å²) in [5.74, 6) is -0.572. The smallest absolute Gasteiger partial charge is 0.416 e. The molecule has 0 atom stereocenters. The molecule has 9 heteroatoms. The van der Waals surface area contributed by atoms with Gasteiger partial charge < -0.3 is 9.47 Å². The molecule has 2 heterocycles. The molecule has 0 saturated carbocycles. The van der Waals surface area contributed by atoms with Crippen molar-refractivity contribution in [2.45, 2.75) is 26.6 Å². The topological polar surface area (TPSA) is 65.7 Å². The zero-order valence-corrected chi connectivity index (χ0v) is 15.5. The largest absolute Gasteiger partial charge is 0.462 e. The molecule has 1 aromatic carbocycles. The molecule has 0 radical (unpaired) electrons. The first-order valence-corrected chi connectivity index (χ1v) is 8.48. The van der Waals surface area contributed by atoms with Gasteiger partial charge in [-0.1, -0.05) is 12.1 Å². The van der Waals surface area contributed by atoms with Crippen LogP contribution in [-0.2, 0) is 22.3 Å². The van der Waals surface area contributed by atoms with Crippen LogP contribution in [0.15, 0.2) is 30.5 Å². The second-order valence-electron chi connectivity index (χ2n) is 6.05. The first kappa shape index (κ1) is 19.8. The predicted molar refractivity (Wildman–Crippen MR) is 94.8 cm³/mol. The van der Waals surface area contributed by atoms with Crippen molar-refractivity contribution in [1.29, 1.82) is 0 Å². The number of esters is 1. The monoisotopic (exact) mass is 393 g/mol. The van der Waals surface area contributed by atoms with Crippen LogP contribution in [-0.4, -0.2) is 34.3 Å². The maximum atomic E-state index is 13.1. The molecule has 3 rings (SSSR count). The van der Waals surface area contributed by atoms with E-state index >= 15 is 0 Å². The van der Waals surface area contributed by atoms with Crippen molar-refractivity contribution in [3.05, 3.63) is 53.0 Å². The molecule has 148 valence electrons. The van der Waals surface area contributed by atoms with Crippen LogP contribution in [0.1, 0.15) is 34.2 Å². The highest BCUT2D eigenvalue weighted by Crippen LogP contribution is 2.34. The van der Waals surface area contributed by atoms with E-state index in [-0.39, 0.29) is 18.8 Å². The summed E-state index contributed by atoms with van der Waals surface area (Å²) < 4.78 is 50.9. The van der Waals surface area contributed by atoms with Crippen LogP contribution in [0, 0.1) is 6.92 Å². The Morgan fingerprint density at radius 1 is 1.29 bits per heavy atom. The van der Waals surface area contributed by atoms with Crippen molar-refractivity contribution in [3.63, 3.8) is 0 Å². The molecule has 0 aliphatic carbocycles. The van der Waals surface area contributed by atoms with Gasteiger partial charge in [-0.15, -0.1) is 0 Å². The summed E-state index contributed by atoms with van der Waals surface area (Å²) in [5, 5.41) is 4.39. The highest BCUT2D eigenvalue weighted by molar-refractivity contribution is 5.91. The Labute approximate surface area is 158 Å². The molecule has 0 unspecified atom stereocenters. The van der Waals surface area contributed by atoms with E-state index in [1.54, 1.807) is 19.9 Å². The van der Waals surface area contributed by atoms with Gasteiger partial charge >= 0.3 is 12.1 Å².